The average Bonchev–Trinajstić information content (AvgIpc) is 2.35. The molecule has 90 valence electrons. The van der Waals surface area contributed by atoms with Gasteiger partial charge in [0.05, 0.1) is 0 Å². The van der Waals surface area contributed by atoms with Gasteiger partial charge in [-0.15, -0.1) is 0 Å². The number of hydrogen-bond donors (Lipinski definition) is 0. The van der Waals surface area contributed by atoms with Crippen LogP contribution in [0.1, 0.15) is 53.4 Å². The van der Waals surface area contributed by atoms with Crippen molar-refractivity contribution in [3.63, 3.8) is 0 Å². The number of hydrogen-bond acceptors (Lipinski definition) is 0. The molecule has 0 nitrogen and oxygen atoms in total. The van der Waals surface area contributed by atoms with Gasteiger partial charge in [-0.05, 0) is 42.4 Å². The van der Waals surface area contributed by atoms with E-state index in [0.29, 0.717) is 0 Å². The van der Waals surface area contributed by atoms with Crippen molar-refractivity contribution >= 4 is 0 Å². The van der Waals surface area contributed by atoms with Crippen molar-refractivity contribution in [1.29, 1.82) is 0 Å². The summed E-state index contributed by atoms with van der Waals surface area (Å²) in [7, 11) is 0. The second-order valence-corrected chi connectivity index (χ2v) is 3.63. The van der Waals surface area contributed by atoms with Gasteiger partial charge in [0.15, 0.2) is 0 Å². The van der Waals surface area contributed by atoms with E-state index < -0.39 is 0 Å². The lowest BCUT2D eigenvalue weighted by molar-refractivity contribution is 0.936. The first-order valence-electron chi connectivity index (χ1n) is 6.54. The highest BCUT2D eigenvalue weighted by atomic mass is 14.1. The van der Waals surface area contributed by atoms with Gasteiger partial charge in [0.2, 0.25) is 0 Å². The highest BCUT2D eigenvalue weighted by molar-refractivity contribution is 5.46. The maximum absolute atomic E-state index is 4.09. The lowest BCUT2D eigenvalue weighted by Crippen LogP contribution is -1.95. The SMILES string of the molecule is C=C1C=CCC/C1=C(/C=C\CC)CC.CC. The minimum atomic E-state index is 1.11. The Hall–Kier alpha value is -1.04. The van der Waals surface area contributed by atoms with Crippen LogP contribution in [0.4, 0.5) is 0 Å². The van der Waals surface area contributed by atoms with Crippen LogP contribution in [0.25, 0.3) is 0 Å². The molecule has 0 bridgehead atoms. The van der Waals surface area contributed by atoms with Gasteiger partial charge in [-0.3, -0.25) is 0 Å². The molecule has 0 saturated carbocycles. The third kappa shape index (κ3) is 4.65. The van der Waals surface area contributed by atoms with Crippen LogP contribution < -0.4 is 0 Å². The smallest absolute Gasteiger partial charge is 0.0236 e. The fraction of sp³-hybridized carbons (Fsp3) is 0.500. The Morgan fingerprint density at radius 2 is 2.06 bits per heavy atom. The van der Waals surface area contributed by atoms with Gasteiger partial charge in [0, 0.05) is 0 Å². The number of allylic oxidation sites excluding steroid dienone is 7. The van der Waals surface area contributed by atoms with Crippen LogP contribution in [-0.2, 0) is 0 Å². The molecule has 0 heterocycles. The maximum Gasteiger partial charge on any atom is -0.0236 e. The molecular formula is C16H26. The standard InChI is InChI=1S/C14H20.C2H6/c1-4-6-10-13(5-2)14-11-8-7-9-12(14)3;1-2/h6-7,9-10H,3-5,8,11H2,1-2H3;1-2H3/b10-6-,14-13-;. The molecule has 1 aliphatic rings. The lowest BCUT2D eigenvalue weighted by atomic mass is 9.91. The zero-order chi connectivity index (χ0) is 12.4. The van der Waals surface area contributed by atoms with E-state index in [-0.39, 0.29) is 0 Å². The first kappa shape index (κ1) is 15.0. The van der Waals surface area contributed by atoms with Gasteiger partial charge < -0.3 is 0 Å². The summed E-state index contributed by atoms with van der Waals surface area (Å²) in [6.07, 6.45) is 13.4. The fourth-order valence-corrected chi connectivity index (χ4v) is 1.77. The van der Waals surface area contributed by atoms with Gasteiger partial charge in [0.25, 0.3) is 0 Å². The highest BCUT2D eigenvalue weighted by Crippen LogP contribution is 2.27. The Balaban J connectivity index is 0.00000106. The molecule has 0 aromatic rings. The van der Waals surface area contributed by atoms with Crippen molar-refractivity contribution in [3.05, 3.63) is 47.6 Å². The molecule has 0 amide bonds. The van der Waals surface area contributed by atoms with Crippen molar-refractivity contribution in [1.82, 2.24) is 0 Å². The predicted molar refractivity (Wildman–Crippen MR) is 75.6 cm³/mol. The van der Waals surface area contributed by atoms with Gasteiger partial charge in [-0.2, -0.15) is 0 Å². The quantitative estimate of drug-likeness (QED) is 0.579. The molecule has 0 aromatic heterocycles. The summed E-state index contributed by atoms with van der Waals surface area (Å²) in [5.41, 5.74) is 4.12. The van der Waals surface area contributed by atoms with Crippen LogP contribution in [0, 0.1) is 0 Å². The third-order valence-corrected chi connectivity index (χ3v) is 2.59. The molecule has 0 N–H and O–H groups in total. The molecule has 0 atom stereocenters. The predicted octanol–water partition coefficient (Wildman–Crippen LogP) is 5.59. The van der Waals surface area contributed by atoms with E-state index in [1.807, 2.05) is 13.8 Å². The second kappa shape index (κ2) is 9.21. The summed E-state index contributed by atoms with van der Waals surface area (Å²) >= 11 is 0. The largest absolute Gasteiger partial charge is 0.0915 e. The molecule has 1 aliphatic carbocycles. The van der Waals surface area contributed by atoms with Crippen LogP contribution >= 0.6 is 0 Å². The Bertz CT molecular complexity index is 287. The number of rotatable bonds is 3. The monoisotopic (exact) mass is 218 g/mol. The van der Waals surface area contributed by atoms with E-state index in [4.69, 9.17) is 0 Å². The summed E-state index contributed by atoms with van der Waals surface area (Å²) in [6.45, 7) is 12.5. The summed E-state index contributed by atoms with van der Waals surface area (Å²) < 4.78 is 0. The fourth-order valence-electron chi connectivity index (χ4n) is 1.77. The van der Waals surface area contributed by atoms with Gasteiger partial charge in [0.1, 0.15) is 0 Å². The summed E-state index contributed by atoms with van der Waals surface area (Å²) in [6, 6.07) is 0. The van der Waals surface area contributed by atoms with Crippen LogP contribution in [0.15, 0.2) is 47.6 Å². The second-order valence-electron chi connectivity index (χ2n) is 3.63. The highest BCUT2D eigenvalue weighted by Gasteiger charge is 2.07. The Morgan fingerprint density at radius 3 is 2.56 bits per heavy atom. The van der Waals surface area contributed by atoms with Crippen molar-refractivity contribution < 1.29 is 0 Å². The molecule has 0 heteroatoms. The van der Waals surface area contributed by atoms with E-state index >= 15 is 0 Å². The minimum absolute atomic E-state index is 1.11. The van der Waals surface area contributed by atoms with Crippen molar-refractivity contribution in [3.8, 4) is 0 Å². The Kier molecular flexibility index (Phi) is 8.61. The molecule has 0 aliphatic heterocycles. The molecule has 0 spiro atoms. The van der Waals surface area contributed by atoms with Crippen molar-refractivity contribution in [2.45, 2.75) is 53.4 Å². The summed E-state index contributed by atoms with van der Waals surface area (Å²) in [5, 5.41) is 0. The van der Waals surface area contributed by atoms with Gasteiger partial charge in [-0.1, -0.05) is 58.6 Å². The molecule has 0 saturated heterocycles. The van der Waals surface area contributed by atoms with E-state index in [9.17, 15) is 0 Å². The van der Waals surface area contributed by atoms with Crippen LogP contribution in [-0.4, -0.2) is 0 Å². The minimum Gasteiger partial charge on any atom is -0.0915 e. The first-order chi connectivity index (χ1) is 7.79. The van der Waals surface area contributed by atoms with Crippen LogP contribution in [0.2, 0.25) is 0 Å². The molecule has 16 heavy (non-hydrogen) atoms. The van der Waals surface area contributed by atoms with Crippen molar-refractivity contribution in [2.75, 3.05) is 0 Å². The molecule has 0 fully saturated rings. The zero-order valence-electron chi connectivity index (χ0n) is 11.3. The zero-order valence-corrected chi connectivity index (χ0v) is 11.3. The van der Waals surface area contributed by atoms with Gasteiger partial charge >= 0.3 is 0 Å². The molecular weight excluding hydrogens is 192 g/mol. The van der Waals surface area contributed by atoms with E-state index in [1.165, 1.54) is 16.7 Å². The molecule has 0 unspecified atom stereocenters. The first-order valence-corrected chi connectivity index (χ1v) is 6.54. The van der Waals surface area contributed by atoms with Crippen LogP contribution in [0.5, 0.6) is 0 Å². The lowest BCUT2D eigenvalue weighted by Gasteiger charge is -2.15. The van der Waals surface area contributed by atoms with E-state index in [2.05, 4.69) is 44.7 Å². The van der Waals surface area contributed by atoms with Crippen molar-refractivity contribution in [2.24, 2.45) is 0 Å². The Morgan fingerprint density at radius 1 is 1.38 bits per heavy atom. The van der Waals surface area contributed by atoms with E-state index in [0.717, 1.165) is 25.7 Å². The van der Waals surface area contributed by atoms with Crippen LogP contribution in [0.3, 0.4) is 0 Å². The summed E-state index contributed by atoms with van der Waals surface area (Å²) in [5.74, 6) is 0. The molecule has 0 radical (unpaired) electrons. The Labute approximate surface area is 101 Å². The maximum atomic E-state index is 4.09. The molecule has 0 aromatic carbocycles. The average molecular weight is 218 g/mol. The molecule has 1 rings (SSSR count). The van der Waals surface area contributed by atoms with Gasteiger partial charge in [-0.25, -0.2) is 0 Å². The van der Waals surface area contributed by atoms with E-state index in [1.54, 1.807) is 0 Å². The normalized spacial score (nSPS) is 18.4. The summed E-state index contributed by atoms with van der Waals surface area (Å²) in [4.78, 5) is 0. The third-order valence-electron chi connectivity index (χ3n) is 2.59. The topological polar surface area (TPSA) is 0 Å².